The molecule has 6 heteroatoms. The van der Waals surface area contributed by atoms with Crippen molar-refractivity contribution in [3.05, 3.63) is 60.0 Å². The third-order valence-electron chi connectivity index (χ3n) is 4.82. The van der Waals surface area contributed by atoms with E-state index in [4.69, 9.17) is 4.74 Å². The third kappa shape index (κ3) is 4.11. The van der Waals surface area contributed by atoms with Crippen LogP contribution in [0.5, 0.6) is 0 Å². The number of aromatic nitrogens is 1. The van der Waals surface area contributed by atoms with E-state index in [1.165, 1.54) is 6.07 Å². The Balaban J connectivity index is 1.37. The summed E-state index contributed by atoms with van der Waals surface area (Å²) in [7, 11) is 0. The van der Waals surface area contributed by atoms with Gasteiger partial charge in [-0.25, -0.2) is 4.39 Å². The van der Waals surface area contributed by atoms with Crippen molar-refractivity contribution >= 4 is 28.2 Å². The molecular weight excluding hydrogens is 345 g/mol. The minimum absolute atomic E-state index is 0.139. The van der Waals surface area contributed by atoms with Gasteiger partial charge in [0.05, 0.1) is 18.2 Å². The average Bonchev–Trinajstić information content (AvgIpc) is 3.31. The predicted molar refractivity (Wildman–Crippen MR) is 104 cm³/mol. The van der Waals surface area contributed by atoms with Crippen LogP contribution in [-0.4, -0.2) is 30.1 Å². The minimum Gasteiger partial charge on any atom is -0.380 e. The van der Waals surface area contributed by atoms with Gasteiger partial charge in [0.25, 0.3) is 0 Å². The number of hydrogen-bond donors (Lipinski definition) is 3. The van der Waals surface area contributed by atoms with E-state index in [-0.39, 0.29) is 18.4 Å². The van der Waals surface area contributed by atoms with Gasteiger partial charge in [0, 0.05) is 35.9 Å². The van der Waals surface area contributed by atoms with Crippen LogP contribution in [0, 0.1) is 5.82 Å². The van der Waals surface area contributed by atoms with Gasteiger partial charge in [-0.3, -0.25) is 4.79 Å². The number of benzene rings is 2. The van der Waals surface area contributed by atoms with Crippen LogP contribution in [-0.2, 0) is 16.0 Å². The summed E-state index contributed by atoms with van der Waals surface area (Å²) in [6.45, 7) is 1.36. The first-order valence-corrected chi connectivity index (χ1v) is 9.19. The summed E-state index contributed by atoms with van der Waals surface area (Å²) in [6, 6.07) is 12.5. The summed E-state index contributed by atoms with van der Waals surface area (Å²) in [4.78, 5) is 15.5. The molecule has 0 bridgehead atoms. The lowest BCUT2D eigenvalue weighted by Crippen LogP contribution is -2.19. The van der Waals surface area contributed by atoms with E-state index in [1.54, 1.807) is 12.1 Å². The van der Waals surface area contributed by atoms with Crippen LogP contribution < -0.4 is 10.6 Å². The molecular formula is C21H22FN3O2. The monoisotopic (exact) mass is 367 g/mol. The van der Waals surface area contributed by atoms with Gasteiger partial charge in [0.15, 0.2) is 0 Å². The fourth-order valence-electron chi connectivity index (χ4n) is 3.42. The van der Waals surface area contributed by atoms with E-state index in [9.17, 15) is 9.18 Å². The molecule has 3 aromatic rings. The Morgan fingerprint density at radius 2 is 2.15 bits per heavy atom. The molecule has 0 saturated carbocycles. The van der Waals surface area contributed by atoms with Gasteiger partial charge in [-0.2, -0.15) is 0 Å². The van der Waals surface area contributed by atoms with Crippen molar-refractivity contribution in [3.8, 4) is 0 Å². The Hall–Kier alpha value is -2.86. The second-order valence-electron chi connectivity index (χ2n) is 6.80. The fourth-order valence-corrected chi connectivity index (χ4v) is 3.42. The molecule has 1 aliphatic rings. The molecule has 5 nitrogen and oxygen atoms in total. The summed E-state index contributed by atoms with van der Waals surface area (Å²) >= 11 is 0. The van der Waals surface area contributed by atoms with Gasteiger partial charge in [0.1, 0.15) is 5.82 Å². The van der Waals surface area contributed by atoms with Gasteiger partial charge in [0.2, 0.25) is 5.91 Å². The highest BCUT2D eigenvalue weighted by Crippen LogP contribution is 2.22. The van der Waals surface area contributed by atoms with E-state index in [0.29, 0.717) is 17.9 Å². The van der Waals surface area contributed by atoms with Crippen molar-refractivity contribution in [2.75, 3.05) is 23.8 Å². The number of halogens is 1. The second-order valence-corrected chi connectivity index (χ2v) is 6.80. The van der Waals surface area contributed by atoms with Crippen LogP contribution in [0.3, 0.4) is 0 Å². The zero-order valence-electron chi connectivity index (χ0n) is 14.9. The highest BCUT2D eigenvalue weighted by molar-refractivity contribution is 5.95. The van der Waals surface area contributed by atoms with Crippen LogP contribution in [0.25, 0.3) is 10.9 Å². The molecule has 1 saturated heterocycles. The quantitative estimate of drug-likeness (QED) is 0.615. The van der Waals surface area contributed by atoms with E-state index in [1.807, 2.05) is 30.5 Å². The molecule has 1 aromatic heterocycles. The van der Waals surface area contributed by atoms with Crippen molar-refractivity contribution in [1.82, 2.24) is 4.98 Å². The normalized spacial score (nSPS) is 16.6. The summed E-state index contributed by atoms with van der Waals surface area (Å²) in [5.41, 5.74) is 2.77. The lowest BCUT2D eigenvalue weighted by atomic mass is 10.1. The average molecular weight is 367 g/mol. The van der Waals surface area contributed by atoms with Crippen LogP contribution in [0.1, 0.15) is 18.4 Å². The molecule has 3 N–H and O–H groups in total. The molecule has 1 atom stereocenters. The molecule has 2 aromatic carbocycles. The van der Waals surface area contributed by atoms with Crippen LogP contribution in [0.4, 0.5) is 15.8 Å². The second kappa shape index (κ2) is 7.80. The third-order valence-corrected chi connectivity index (χ3v) is 4.82. The lowest BCUT2D eigenvalue weighted by molar-refractivity contribution is -0.115. The maximum absolute atomic E-state index is 14.3. The topological polar surface area (TPSA) is 66.2 Å². The number of amides is 1. The zero-order chi connectivity index (χ0) is 18.6. The molecule has 140 valence electrons. The molecule has 27 heavy (non-hydrogen) atoms. The highest BCUT2D eigenvalue weighted by atomic mass is 19.1. The maximum atomic E-state index is 14.3. The fraction of sp³-hybridized carbons (Fsp3) is 0.286. The molecule has 4 rings (SSSR count). The number of para-hydroxylation sites is 1. The smallest absolute Gasteiger partial charge is 0.228 e. The number of H-pyrrole nitrogens is 1. The van der Waals surface area contributed by atoms with Gasteiger partial charge < -0.3 is 20.4 Å². The number of carbonyl (C=O) groups excluding carboxylic acids is 1. The Morgan fingerprint density at radius 3 is 2.96 bits per heavy atom. The molecule has 0 radical (unpaired) electrons. The number of anilines is 2. The first-order chi connectivity index (χ1) is 13.2. The number of hydrogen-bond acceptors (Lipinski definition) is 3. The van der Waals surface area contributed by atoms with Crippen LogP contribution >= 0.6 is 0 Å². The molecule has 0 spiro atoms. The zero-order valence-corrected chi connectivity index (χ0v) is 14.9. The van der Waals surface area contributed by atoms with Crippen molar-refractivity contribution in [2.45, 2.75) is 25.4 Å². The Morgan fingerprint density at radius 1 is 1.26 bits per heavy atom. The Bertz CT molecular complexity index is 948. The van der Waals surface area contributed by atoms with Crippen molar-refractivity contribution < 1.29 is 13.9 Å². The molecule has 2 heterocycles. The lowest BCUT2D eigenvalue weighted by Gasteiger charge is -2.13. The van der Waals surface area contributed by atoms with E-state index in [0.717, 1.165) is 35.9 Å². The van der Waals surface area contributed by atoms with Gasteiger partial charge in [-0.1, -0.05) is 18.2 Å². The number of carbonyl (C=O) groups is 1. The molecule has 1 fully saturated rings. The maximum Gasteiger partial charge on any atom is 0.228 e. The Kier molecular flexibility index (Phi) is 5.07. The van der Waals surface area contributed by atoms with Crippen LogP contribution in [0.15, 0.2) is 48.7 Å². The molecule has 0 aliphatic carbocycles. The van der Waals surface area contributed by atoms with Gasteiger partial charge in [-0.15, -0.1) is 0 Å². The van der Waals surface area contributed by atoms with Gasteiger partial charge >= 0.3 is 0 Å². The Labute approximate surface area is 156 Å². The first kappa shape index (κ1) is 17.5. The first-order valence-electron chi connectivity index (χ1n) is 9.19. The molecule has 1 amide bonds. The van der Waals surface area contributed by atoms with Crippen molar-refractivity contribution in [3.63, 3.8) is 0 Å². The number of rotatable bonds is 6. The summed E-state index contributed by atoms with van der Waals surface area (Å²) in [5.74, 6) is -0.572. The number of ether oxygens (including phenoxy) is 1. The van der Waals surface area contributed by atoms with E-state index in [2.05, 4.69) is 15.6 Å². The molecule has 1 unspecified atom stereocenters. The largest absolute Gasteiger partial charge is 0.380 e. The minimum atomic E-state index is -0.391. The SMILES string of the molecule is O=C(Cc1c[nH]c2ccccc12)Nc1ccc(NCC2CCCO2)c(F)c1. The summed E-state index contributed by atoms with van der Waals surface area (Å²) in [5, 5.41) is 6.86. The van der Waals surface area contributed by atoms with Crippen LogP contribution in [0.2, 0.25) is 0 Å². The number of aromatic amines is 1. The van der Waals surface area contributed by atoms with Gasteiger partial charge in [-0.05, 0) is 42.7 Å². The van der Waals surface area contributed by atoms with Crippen molar-refractivity contribution in [2.24, 2.45) is 0 Å². The summed E-state index contributed by atoms with van der Waals surface area (Å²) < 4.78 is 19.8. The standard InChI is InChI=1S/C21H22FN3O2/c22-18-11-15(7-8-20(18)24-13-16-4-3-9-27-16)25-21(26)10-14-12-23-19-6-2-1-5-17(14)19/h1-2,5-8,11-12,16,23-24H,3-4,9-10,13H2,(H,25,26). The van der Waals surface area contributed by atoms with E-state index < -0.39 is 5.82 Å². The molecule has 1 aliphatic heterocycles. The summed E-state index contributed by atoms with van der Waals surface area (Å²) in [6.07, 6.45) is 4.25. The predicted octanol–water partition coefficient (Wildman–Crippen LogP) is 4.08. The number of nitrogens with one attached hydrogen (secondary N) is 3. The highest BCUT2D eigenvalue weighted by Gasteiger charge is 2.16. The van der Waals surface area contributed by atoms with Crippen molar-refractivity contribution in [1.29, 1.82) is 0 Å². The number of fused-ring (bicyclic) bond motifs is 1. The van der Waals surface area contributed by atoms with E-state index >= 15 is 0 Å².